The van der Waals surface area contributed by atoms with Gasteiger partial charge >= 0.3 is 5.97 Å². The normalized spacial score (nSPS) is 15.7. The van der Waals surface area contributed by atoms with Crippen molar-refractivity contribution in [1.82, 2.24) is 4.31 Å². The maximum atomic E-state index is 13.1. The molecule has 0 unspecified atom stereocenters. The molecule has 2 aromatic carbocycles. The Hall–Kier alpha value is -3.21. The lowest BCUT2D eigenvalue weighted by molar-refractivity contribution is -0.141. The summed E-state index contributed by atoms with van der Waals surface area (Å²) < 4.78 is 27.3. The summed E-state index contributed by atoms with van der Waals surface area (Å²) in [6.07, 6.45) is 0. The highest BCUT2D eigenvalue weighted by atomic mass is 32.2. The molecule has 32 heavy (non-hydrogen) atoms. The smallest absolute Gasteiger partial charge is 0.326 e. The van der Waals surface area contributed by atoms with Gasteiger partial charge in [-0.25, -0.2) is 8.42 Å². The van der Waals surface area contributed by atoms with Crippen molar-refractivity contribution in [2.75, 3.05) is 24.3 Å². The van der Waals surface area contributed by atoms with E-state index in [0.29, 0.717) is 21.7 Å². The van der Waals surface area contributed by atoms with E-state index < -0.39 is 22.0 Å². The lowest BCUT2D eigenvalue weighted by atomic mass is 10.1. The lowest BCUT2D eigenvalue weighted by Gasteiger charge is -2.23. The number of carboxylic acid groups (broad SMARTS) is 1. The molecule has 0 fully saturated rings. The second kappa shape index (κ2) is 8.38. The molecule has 1 aromatic heterocycles. The number of hydrogen-bond acceptors (Lipinski definition) is 6. The summed E-state index contributed by atoms with van der Waals surface area (Å²) in [5.74, 6) is -1.60. The van der Waals surface area contributed by atoms with E-state index in [2.05, 4.69) is 5.32 Å². The number of nitrogens with one attached hydrogen (secondary N) is 1. The van der Waals surface area contributed by atoms with E-state index in [1.54, 1.807) is 48.5 Å². The van der Waals surface area contributed by atoms with Crippen molar-refractivity contribution in [2.45, 2.75) is 16.8 Å². The number of carbonyl (C=O) groups excluding carboxylic acids is 1. The molecule has 8 nitrogen and oxygen atoms in total. The van der Waals surface area contributed by atoms with Crippen LogP contribution in [0, 0.1) is 0 Å². The largest absolute Gasteiger partial charge is 0.480 e. The molecule has 0 saturated carbocycles. The van der Waals surface area contributed by atoms with Crippen molar-refractivity contribution < 1.29 is 23.1 Å². The fourth-order valence-corrected chi connectivity index (χ4v) is 6.80. The Morgan fingerprint density at radius 2 is 1.75 bits per heavy atom. The van der Waals surface area contributed by atoms with Gasteiger partial charge in [0, 0.05) is 37.5 Å². The minimum absolute atomic E-state index is 0.0536. The van der Waals surface area contributed by atoms with Crippen LogP contribution in [0.4, 0.5) is 10.7 Å². The molecule has 1 atom stereocenters. The van der Waals surface area contributed by atoms with Gasteiger partial charge in [-0.2, -0.15) is 4.31 Å². The first-order valence-electron chi connectivity index (χ1n) is 9.69. The topological polar surface area (TPSA) is 107 Å². The van der Waals surface area contributed by atoms with Crippen LogP contribution in [0.25, 0.3) is 0 Å². The zero-order chi connectivity index (χ0) is 23.0. The Morgan fingerprint density at radius 3 is 2.31 bits per heavy atom. The van der Waals surface area contributed by atoms with Gasteiger partial charge < -0.3 is 15.3 Å². The van der Waals surface area contributed by atoms with Crippen molar-refractivity contribution in [3.8, 4) is 0 Å². The summed E-state index contributed by atoms with van der Waals surface area (Å²) in [6, 6.07) is 15.6. The van der Waals surface area contributed by atoms with E-state index >= 15 is 0 Å². The fraction of sp³-hybridized carbons (Fsp3) is 0.182. The van der Waals surface area contributed by atoms with Gasteiger partial charge in [0.2, 0.25) is 0 Å². The average molecular weight is 472 g/mol. The molecule has 0 saturated heterocycles. The molecule has 0 bridgehead atoms. The van der Waals surface area contributed by atoms with Crippen LogP contribution in [-0.2, 0) is 21.4 Å². The molecule has 10 heteroatoms. The van der Waals surface area contributed by atoms with E-state index in [0.717, 1.165) is 21.3 Å². The monoisotopic (exact) mass is 471 g/mol. The average Bonchev–Trinajstić information content (AvgIpc) is 3.26. The van der Waals surface area contributed by atoms with Crippen molar-refractivity contribution in [2.24, 2.45) is 0 Å². The number of rotatable bonds is 6. The van der Waals surface area contributed by atoms with Crippen LogP contribution >= 0.6 is 11.3 Å². The predicted octanol–water partition coefficient (Wildman–Crippen LogP) is 3.40. The van der Waals surface area contributed by atoms with Crippen LogP contribution in [0.5, 0.6) is 0 Å². The molecule has 1 aliphatic rings. The third-order valence-corrected chi connectivity index (χ3v) is 8.62. The summed E-state index contributed by atoms with van der Waals surface area (Å²) in [5.41, 5.74) is 2.25. The lowest BCUT2D eigenvalue weighted by Crippen LogP contribution is -2.34. The van der Waals surface area contributed by atoms with Crippen LogP contribution in [0.1, 0.15) is 27.5 Å². The zero-order valence-corrected chi connectivity index (χ0v) is 19.0. The molecular weight excluding hydrogens is 450 g/mol. The van der Waals surface area contributed by atoms with Crippen molar-refractivity contribution in [3.63, 3.8) is 0 Å². The van der Waals surface area contributed by atoms with Gasteiger partial charge in [0.15, 0.2) is 0 Å². The Bertz CT molecular complexity index is 1270. The Balaban J connectivity index is 1.56. The van der Waals surface area contributed by atoms with Crippen LogP contribution < -0.4 is 10.2 Å². The number of nitrogens with zero attached hydrogens (tertiary/aromatic N) is 2. The van der Waals surface area contributed by atoms with Crippen LogP contribution in [0.2, 0.25) is 0 Å². The number of carbonyl (C=O) groups is 2. The quantitative estimate of drug-likeness (QED) is 0.571. The van der Waals surface area contributed by atoms with Crippen LogP contribution in [0.3, 0.4) is 0 Å². The first-order valence-corrected chi connectivity index (χ1v) is 11.9. The van der Waals surface area contributed by atoms with Gasteiger partial charge in [0.1, 0.15) is 10.3 Å². The van der Waals surface area contributed by atoms with E-state index in [-0.39, 0.29) is 16.7 Å². The summed E-state index contributed by atoms with van der Waals surface area (Å²) >= 11 is 0.925. The van der Waals surface area contributed by atoms with Gasteiger partial charge in [-0.1, -0.05) is 30.3 Å². The number of hydrogen-bond donors (Lipinski definition) is 2. The molecule has 0 radical (unpaired) electrons. The number of thiophene rings is 1. The Morgan fingerprint density at radius 1 is 1.09 bits per heavy atom. The third-order valence-electron chi connectivity index (χ3n) is 5.16. The molecule has 2 heterocycles. The molecule has 4 rings (SSSR count). The van der Waals surface area contributed by atoms with Gasteiger partial charge in [0.25, 0.3) is 15.9 Å². The number of sulfonamides is 1. The standard InChI is InChI=1S/C22H21N3O5S2/c1-24(2)17-10-8-15(9-11-17)20(26)23-18-12-16-13-25(32(29,30)22(16)31-18)19(21(27)28)14-6-4-3-5-7-14/h3-12,19H,13H2,1-2H3,(H,23,26)(H,27,28)/t19-/m1/s1. The van der Waals surface area contributed by atoms with Crippen LogP contribution in [-0.4, -0.2) is 43.8 Å². The van der Waals surface area contributed by atoms with Gasteiger partial charge in [-0.05, 0) is 35.9 Å². The molecule has 1 aliphatic heterocycles. The van der Waals surface area contributed by atoms with E-state index in [1.165, 1.54) is 0 Å². The number of amides is 1. The predicted molar refractivity (Wildman–Crippen MR) is 123 cm³/mol. The highest BCUT2D eigenvalue weighted by Crippen LogP contribution is 2.43. The Labute approximate surface area is 189 Å². The molecule has 0 spiro atoms. The minimum Gasteiger partial charge on any atom is -0.480 e. The maximum Gasteiger partial charge on any atom is 0.326 e. The number of benzene rings is 2. The number of fused-ring (bicyclic) bond motifs is 1. The first kappa shape index (κ1) is 22.0. The second-order valence-corrected chi connectivity index (χ2v) is 10.7. The summed E-state index contributed by atoms with van der Waals surface area (Å²) in [6.45, 7) is -0.0760. The minimum atomic E-state index is -4.02. The molecule has 0 aliphatic carbocycles. The summed E-state index contributed by atoms with van der Waals surface area (Å²) in [7, 11) is -0.216. The SMILES string of the molecule is CN(C)c1ccc(C(=O)Nc2cc3c(s2)S(=O)(=O)N([C@@H](C(=O)O)c2ccccc2)C3)cc1. The van der Waals surface area contributed by atoms with Crippen molar-refractivity contribution >= 4 is 43.9 Å². The van der Waals surface area contributed by atoms with Gasteiger partial charge in [-0.3, -0.25) is 9.59 Å². The molecule has 2 N–H and O–H groups in total. The van der Waals surface area contributed by atoms with Gasteiger partial charge in [0.05, 0.1) is 5.00 Å². The van der Waals surface area contributed by atoms with Crippen molar-refractivity contribution in [1.29, 1.82) is 0 Å². The van der Waals surface area contributed by atoms with Gasteiger partial charge in [-0.15, -0.1) is 11.3 Å². The second-order valence-electron chi connectivity index (χ2n) is 7.52. The van der Waals surface area contributed by atoms with Crippen molar-refractivity contribution in [3.05, 3.63) is 77.4 Å². The van der Waals surface area contributed by atoms with E-state index in [9.17, 15) is 23.1 Å². The highest BCUT2D eigenvalue weighted by molar-refractivity contribution is 7.91. The van der Waals surface area contributed by atoms with E-state index in [1.807, 2.05) is 31.1 Å². The highest BCUT2D eigenvalue weighted by Gasteiger charge is 2.44. The molecule has 3 aromatic rings. The maximum absolute atomic E-state index is 13.1. The molecule has 1 amide bonds. The molecule has 166 valence electrons. The zero-order valence-electron chi connectivity index (χ0n) is 17.3. The summed E-state index contributed by atoms with van der Waals surface area (Å²) in [5, 5.41) is 12.9. The third kappa shape index (κ3) is 3.99. The fourth-order valence-electron chi connectivity index (χ4n) is 3.55. The first-order chi connectivity index (χ1) is 15.2. The Kier molecular flexibility index (Phi) is 5.76. The van der Waals surface area contributed by atoms with E-state index in [4.69, 9.17) is 0 Å². The summed E-state index contributed by atoms with van der Waals surface area (Å²) in [4.78, 5) is 26.4. The number of aliphatic carboxylic acids is 1. The van der Waals surface area contributed by atoms with Crippen LogP contribution in [0.15, 0.2) is 64.9 Å². The molecular formula is C22H21N3O5S2. The number of anilines is 2. The number of carboxylic acids is 1.